The number of aryl methyl sites for hydroxylation is 2. The zero-order valence-corrected chi connectivity index (χ0v) is 14.8. The molecule has 0 saturated heterocycles. The Morgan fingerprint density at radius 3 is 2.80 bits per heavy atom. The molecule has 0 fully saturated rings. The van der Waals surface area contributed by atoms with E-state index in [1.807, 2.05) is 13.8 Å². The number of halogens is 1. The van der Waals surface area contributed by atoms with Crippen LogP contribution in [0.3, 0.4) is 0 Å². The predicted molar refractivity (Wildman–Crippen MR) is 91.2 cm³/mol. The third-order valence-electron chi connectivity index (χ3n) is 3.79. The molecule has 2 rings (SSSR count). The number of rotatable bonds is 8. The first-order valence-electron chi connectivity index (χ1n) is 8.38. The van der Waals surface area contributed by atoms with Crippen molar-refractivity contribution in [1.29, 1.82) is 0 Å². The maximum absolute atomic E-state index is 13.3. The van der Waals surface area contributed by atoms with E-state index in [1.54, 1.807) is 19.1 Å². The van der Waals surface area contributed by atoms with Crippen LogP contribution in [-0.2, 0) is 11.2 Å². The average molecular weight is 349 g/mol. The van der Waals surface area contributed by atoms with Crippen LogP contribution in [0.4, 0.5) is 4.39 Å². The molecule has 0 radical (unpaired) electrons. The maximum Gasteiger partial charge on any atom is 0.227 e. The summed E-state index contributed by atoms with van der Waals surface area (Å²) in [6, 6.07) is 4.35. The largest absolute Gasteiger partial charge is 0.394 e. The molecule has 1 aromatic carbocycles. The minimum Gasteiger partial charge on any atom is -0.394 e. The number of hydrogen-bond donors (Lipinski definition) is 2. The van der Waals surface area contributed by atoms with Crippen molar-refractivity contribution in [2.24, 2.45) is 5.92 Å². The summed E-state index contributed by atoms with van der Waals surface area (Å²) < 4.78 is 18.5. The Balaban J connectivity index is 1.90. The van der Waals surface area contributed by atoms with Crippen molar-refractivity contribution in [2.45, 2.75) is 46.1 Å². The van der Waals surface area contributed by atoms with Gasteiger partial charge in [-0.1, -0.05) is 19.0 Å². The molecule has 1 atom stereocenters. The Bertz CT molecular complexity index is 715. The van der Waals surface area contributed by atoms with E-state index in [0.29, 0.717) is 35.2 Å². The smallest absolute Gasteiger partial charge is 0.227 e. The fourth-order valence-corrected chi connectivity index (χ4v) is 2.53. The SMILES string of the molecule is Cc1cc(-c2noc(CCC(=O)NC(CO)CC(C)C)n2)ccc1F. The van der Waals surface area contributed by atoms with Crippen molar-refractivity contribution >= 4 is 5.91 Å². The molecule has 1 unspecified atom stereocenters. The second-order valence-electron chi connectivity index (χ2n) is 6.55. The summed E-state index contributed by atoms with van der Waals surface area (Å²) in [5, 5.41) is 16.0. The molecule has 2 aromatic rings. The number of nitrogens with zero attached hydrogens (tertiary/aromatic N) is 2. The number of aliphatic hydroxyl groups is 1. The third kappa shape index (κ3) is 5.63. The summed E-state index contributed by atoms with van der Waals surface area (Å²) in [7, 11) is 0. The molecule has 1 heterocycles. The van der Waals surface area contributed by atoms with Gasteiger partial charge < -0.3 is 14.9 Å². The second kappa shape index (κ2) is 8.71. The molecule has 1 amide bonds. The summed E-state index contributed by atoms with van der Waals surface area (Å²) in [5.41, 5.74) is 1.17. The zero-order valence-electron chi connectivity index (χ0n) is 14.8. The van der Waals surface area contributed by atoms with Gasteiger partial charge in [0, 0.05) is 18.4 Å². The Morgan fingerprint density at radius 2 is 2.16 bits per heavy atom. The van der Waals surface area contributed by atoms with Gasteiger partial charge in [-0.2, -0.15) is 4.98 Å². The predicted octanol–water partition coefficient (Wildman–Crippen LogP) is 2.64. The van der Waals surface area contributed by atoms with Crippen LogP contribution in [0.2, 0.25) is 0 Å². The van der Waals surface area contributed by atoms with Gasteiger partial charge in [0.05, 0.1) is 12.6 Å². The minimum absolute atomic E-state index is 0.0848. The number of carbonyl (C=O) groups is 1. The summed E-state index contributed by atoms with van der Waals surface area (Å²) in [6.07, 6.45) is 1.22. The maximum atomic E-state index is 13.3. The molecule has 0 aliphatic heterocycles. The highest BCUT2D eigenvalue weighted by Gasteiger charge is 2.15. The van der Waals surface area contributed by atoms with E-state index in [9.17, 15) is 14.3 Å². The zero-order chi connectivity index (χ0) is 18.4. The van der Waals surface area contributed by atoms with Gasteiger partial charge >= 0.3 is 0 Å². The number of hydrogen-bond acceptors (Lipinski definition) is 5. The van der Waals surface area contributed by atoms with Crippen molar-refractivity contribution < 1.29 is 18.8 Å². The molecular weight excluding hydrogens is 325 g/mol. The van der Waals surface area contributed by atoms with Crippen LogP contribution in [0.5, 0.6) is 0 Å². The van der Waals surface area contributed by atoms with Gasteiger partial charge in [-0.05, 0) is 43.0 Å². The van der Waals surface area contributed by atoms with Crippen molar-refractivity contribution in [3.05, 3.63) is 35.5 Å². The molecule has 0 aliphatic carbocycles. The van der Waals surface area contributed by atoms with Crippen LogP contribution in [0.1, 0.15) is 38.1 Å². The third-order valence-corrected chi connectivity index (χ3v) is 3.79. The van der Waals surface area contributed by atoms with Gasteiger partial charge in [0.2, 0.25) is 17.6 Å². The van der Waals surface area contributed by atoms with Crippen molar-refractivity contribution in [3.8, 4) is 11.4 Å². The van der Waals surface area contributed by atoms with Crippen LogP contribution in [0.15, 0.2) is 22.7 Å². The molecule has 0 saturated carbocycles. The average Bonchev–Trinajstić information content (AvgIpc) is 3.03. The van der Waals surface area contributed by atoms with Crippen LogP contribution < -0.4 is 5.32 Å². The molecule has 0 spiro atoms. The highest BCUT2D eigenvalue weighted by Crippen LogP contribution is 2.19. The van der Waals surface area contributed by atoms with E-state index >= 15 is 0 Å². The van der Waals surface area contributed by atoms with Gasteiger partial charge in [-0.3, -0.25) is 4.79 Å². The minimum atomic E-state index is -0.288. The van der Waals surface area contributed by atoms with Gasteiger partial charge in [0.25, 0.3) is 0 Å². The Morgan fingerprint density at radius 1 is 1.40 bits per heavy atom. The fourth-order valence-electron chi connectivity index (χ4n) is 2.53. The Hall–Kier alpha value is -2.28. The first-order chi connectivity index (χ1) is 11.9. The van der Waals surface area contributed by atoms with Gasteiger partial charge in [0.1, 0.15) is 5.82 Å². The van der Waals surface area contributed by atoms with Crippen LogP contribution in [-0.4, -0.2) is 33.8 Å². The number of benzene rings is 1. The summed E-state index contributed by atoms with van der Waals surface area (Å²) in [6.45, 7) is 5.65. The summed E-state index contributed by atoms with van der Waals surface area (Å²) in [4.78, 5) is 16.2. The first-order valence-corrected chi connectivity index (χ1v) is 8.38. The van der Waals surface area contributed by atoms with E-state index in [0.717, 1.165) is 6.42 Å². The van der Waals surface area contributed by atoms with E-state index in [2.05, 4.69) is 15.5 Å². The van der Waals surface area contributed by atoms with E-state index < -0.39 is 0 Å². The lowest BCUT2D eigenvalue weighted by Crippen LogP contribution is -2.38. The quantitative estimate of drug-likeness (QED) is 0.765. The molecule has 136 valence electrons. The van der Waals surface area contributed by atoms with Crippen molar-refractivity contribution in [2.75, 3.05) is 6.61 Å². The Labute approximate surface area is 146 Å². The van der Waals surface area contributed by atoms with E-state index in [4.69, 9.17) is 4.52 Å². The van der Waals surface area contributed by atoms with Gasteiger partial charge in [-0.15, -0.1) is 0 Å². The lowest BCUT2D eigenvalue weighted by Gasteiger charge is -2.17. The second-order valence-corrected chi connectivity index (χ2v) is 6.55. The summed E-state index contributed by atoms with van der Waals surface area (Å²) in [5.74, 6) is 0.638. The fraction of sp³-hybridized carbons (Fsp3) is 0.500. The molecular formula is C18H24FN3O3. The molecule has 1 aromatic heterocycles. The molecule has 25 heavy (non-hydrogen) atoms. The molecule has 7 heteroatoms. The standard InChI is InChI=1S/C18H24FN3O3/c1-11(2)8-14(10-23)20-16(24)6-7-17-21-18(22-25-17)13-4-5-15(19)12(3)9-13/h4-5,9,11,14,23H,6-8,10H2,1-3H3,(H,20,24). The van der Waals surface area contributed by atoms with Crippen LogP contribution >= 0.6 is 0 Å². The van der Waals surface area contributed by atoms with Gasteiger partial charge in [0.15, 0.2) is 0 Å². The number of nitrogens with one attached hydrogen (secondary N) is 1. The lowest BCUT2D eigenvalue weighted by atomic mass is 10.0. The number of amides is 1. The highest BCUT2D eigenvalue weighted by atomic mass is 19.1. The molecule has 2 N–H and O–H groups in total. The monoisotopic (exact) mass is 349 g/mol. The first kappa shape index (κ1) is 19.1. The normalized spacial score (nSPS) is 12.4. The Kier molecular flexibility index (Phi) is 6.64. The summed E-state index contributed by atoms with van der Waals surface area (Å²) >= 11 is 0. The molecule has 0 aliphatic rings. The van der Waals surface area contributed by atoms with E-state index in [1.165, 1.54) is 6.07 Å². The molecule has 0 bridgehead atoms. The van der Waals surface area contributed by atoms with Crippen LogP contribution in [0, 0.1) is 18.7 Å². The lowest BCUT2D eigenvalue weighted by molar-refractivity contribution is -0.122. The molecule has 6 nitrogen and oxygen atoms in total. The highest BCUT2D eigenvalue weighted by molar-refractivity contribution is 5.76. The number of aliphatic hydroxyl groups excluding tert-OH is 1. The number of carbonyl (C=O) groups excluding carboxylic acids is 1. The van der Waals surface area contributed by atoms with E-state index in [-0.39, 0.29) is 30.8 Å². The van der Waals surface area contributed by atoms with Crippen LogP contribution in [0.25, 0.3) is 11.4 Å². The topological polar surface area (TPSA) is 88.2 Å². The van der Waals surface area contributed by atoms with Gasteiger partial charge in [-0.25, -0.2) is 4.39 Å². The van der Waals surface area contributed by atoms with Crippen molar-refractivity contribution in [1.82, 2.24) is 15.5 Å². The number of aromatic nitrogens is 2. The van der Waals surface area contributed by atoms with Crippen molar-refractivity contribution in [3.63, 3.8) is 0 Å².